The third kappa shape index (κ3) is 3.51. The number of ketones is 1. The number of hydrogen-bond donors (Lipinski definition) is 1. The summed E-state index contributed by atoms with van der Waals surface area (Å²) in [6, 6.07) is 7.31. The Bertz CT molecular complexity index is 646. The van der Waals surface area contributed by atoms with Crippen LogP contribution in [-0.4, -0.2) is 21.7 Å². The molecular formula is C21H27NO2S. The van der Waals surface area contributed by atoms with Crippen LogP contribution in [0.1, 0.15) is 62.7 Å². The van der Waals surface area contributed by atoms with Gasteiger partial charge < -0.3 is 5.32 Å². The van der Waals surface area contributed by atoms with Crippen LogP contribution in [0, 0.1) is 17.8 Å². The van der Waals surface area contributed by atoms with Gasteiger partial charge in [-0.25, -0.2) is 0 Å². The average Bonchev–Trinajstić information content (AvgIpc) is 2.52. The Kier molecular flexibility index (Phi) is 4.43. The lowest BCUT2D eigenvalue weighted by Gasteiger charge is -2.57. The highest BCUT2D eigenvalue weighted by Gasteiger charge is 2.52. The van der Waals surface area contributed by atoms with E-state index in [0.717, 1.165) is 29.0 Å². The molecule has 4 fully saturated rings. The minimum atomic E-state index is -0.0928. The second-order valence-electron chi connectivity index (χ2n) is 8.48. The average molecular weight is 358 g/mol. The summed E-state index contributed by atoms with van der Waals surface area (Å²) in [5, 5.41) is 2.75. The summed E-state index contributed by atoms with van der Waals surface area (Å²) in [5.41, 5.74) is 1.49. The van der Waals surface area contributed by atoms with Crippen molar-refractivity contribution in [1.82, 2.24) is 0 Å². The van der Waals surface area contributed by atoms with Gasteiger partial charge >= 0.3 is 0 Å². The summed E-state index contributed by atoms with van der Waals surface area (Å²) < 4.78 is 0.361. The molecule has 4 bridgehead atoms. The molecule has 25 heavy (non-hydrogen) atoms. The Morgan fingerprint density at radius 3 is 2.04 bits per heavy atom. The van der Waals surface area contributed by atoms with Crippen molar-refractivity contribution in [3.8, 4) is 0 Å². The number of anilines is 1. The predicted octanol–water partition coefficient (Wildman–Crippen LogP) is 4.92. The highest BCUT2D eigenvalue weighted by molar-refractivity contribution is 8.02. The van der Waals surface area contributed by atoms with Gasteiger partial charge in [-0.05, 0) is 87.5 Å². The lowest BCUT2D eigenvalue weighted by molar-refractivity contribution is -0.114. The van der Waals surface area contributed by atoms with Crippen LogP contribution in [0.4, 0.5) is 5.69 Å². The summed E-state index contributed by atoms with van der Waals surface area (Å²) in [5.74, 6) is 2.87. The van der Waals surface area contributed by atoms with Crippen LogP contribution in [0.15, 0.2) is 24.3 Å². The first-order valence-corrected chi connectivity index (χ1v) is 10.4. The number of nitrogens with one attached hydrogen (secondary N) is 1. The maximum atomic E-state index is 12.9. The van der Waals surface area contributed by atoms with Gasteiger partial charge in [0.25, 0.3) is 0 Å². The zero-order valence-electron chi connectivity index (χ0n) is 15.1. The van der Waals surface area contributed by atoms with Gasteiger partial charge in [0.2, 0.25) is 5.91 Å². The van der Waals surface area contributed by atoms with Crippen LogP contribution in [-0.2, 0) is 4.79 Å². The molecule has 1 atom stereocenters. The predicted molar refractivity (Wildman–Crippen MR) is 103 cm³/mol. The second kappa shape index (κ2) is 6.46. The van der Waals surface area contributed by atoms with E-state index in [0.29, 0.717) is 4.75 Å². The Morgan fingerprint density at radius 2 is 1.56 bits per heavy atom. The molecule has 4 heteroatoms. The summed E-state index contributed by atoms with van der Waals surface area (Å²) in [6.45, 7) is 3.57. The van der Waals surface area contributed by atoms with Crippen molar-refractivity contribution < 1.29 is 9.59 Å². The zero-order valence-corrected chi connectivity index (χ0v) is 15.9. The Hall–Kier alpha value is -1.29. The van der Waals surface area contributed by atoms with Crippen molar-refractivity contribution in [2.45, 2.75) is 62.4 Å². The molecule has 0 heterocycles. The van der Waals surface area contributed by atoms with Crippen LogP contribution in [0.5, 0.6) is 0 Å². The summed E-state index contributed by atoms with van der Waals surface area (Å²) in [4.78, 5) is 24.0. The molecule has 0 aliphatic heterocycles. The Labute approximate surface area is 154 Å². The van der Waals surface area contributed by atoms with Crippen LogP contribution >= 0.6 is 11.8 Å². The molecule has 134 valence electrons. The SMILES string of the molecule is CC(=O)Nc1ccc(C(=O)[C@H](C)SC23CC4CC(CC(C4)C2)C3)cc1. The Balaban J connectivity index is 1.43. The fourth-order valence-corrected chi connectivity index (χ4v) is 7.75. The van der Waals surface area contributed by atoms with E-state index in [4.69, 9.17) is 0 Å². The minimum absolute atomic E-state index is 0.00265. The van der Waals surface area contributed by atoms with E-state index in [1.54, 1.807) is 0 Å². The van der Waals surface area contributed by atoms with Crippen molar-refractivity contribution in [1.29, 1.82) is 0 Å². The van der Waals surface area contributed by atoms with E-state index in [9.17, 15) is 9.59 Å². The molecule has 0 saturated heterocycles. The minimum Gasteiger partial charge on any atom is -0.326 e. The normalized spacial score (nSPS) is 33.9. The zero-order chi connectivity index (χ0) is 17.6. The van der Waals surface area contributed by atoms with Crippen molar-refractivity contribution in [3.05, 3.63) is 29.8 Å². The topological polar surface area (TPSA) is 46.2 Å². The number of hydrogen-bond acceptors (Lipinski definition) is 3. The molecule has 0 unspecified atom stereocenters. The van der Waals surface area contributed by atoms with Crippen LogP contribution in [0.25, 0.3) is 0 Å². The monoisotopic (exact) mass is 357 g/mol. The van der Waals surface area contributed by atoms with E-state index >= 15 is 0 Å². The lowest BCUT2D eigenvalue weighted by Crippen LogP contribution is -2.49. The summed E-state index contributed by atoms with van der Waals surface area (Å²) in [6.07, 6.45) is 8.28. The lowest BCUT2D eigenvalue weighted by atomic mass is 9.56. The molecule has 4 aliphatic carbocycles. The van der Waals surface area contributed by atoms with Crippen molar-refractivity contribution in [2.75, 3.05) is 5.32 Å². The first kappa shape index (κ1) is 17.1. The molecular weight excluding hydrogens is 330 g/mol. The smallest absolute Gasteiger partial charge is 0.221 e. The van der Waals surface area contributed by atoms with Gasteiger partial charge in [-0.2, -0.15) is 0 Å². The van der Waals surface area contributed by atoms with Gasteiger partial charge in [-0.1, -0.05) is 0 Å². The number of carbonyl (C=O) groups excluding carboxylic acids is 2. The standard InChI is InChI=1S/C21H27NO2S/c1-13(20(24)18-3-5-19(6-4-18)22-14(2)23)25-21-10-15-7-16(11-21)9-17(8-15)12-21/h3-6,13,15-17H,7-12H2,1-2H3,(H,22,23)/t13-,15?,16?,17?,21?/m0/s1. The fraction of sp³-hybridized carbons (Fsp3) is 0.619. The molecule has 3 nitrogen and oxygen atoms in total. The molecule has 4 aliphatic rings. The first-order valence-electron chi connectivity index (χ1n) is 9.52. The molecule has 0 aromatic heterocycles. The third-order valence-corrected chi connectivity index (χ3v) is 7.84. The number of Topliss-reactive ketones (excluding diaryl/α,β-unsaturated/α-hetero) is 1. The molecule has 1 amide bonds. The number of benzene rings is 1. The van der Waals surface area contributed by atoms with E-state index in [1.165, 1.54) is 45.4 Å². The highest BCUT2D eigenvalue weighted by Crippen LogP contribution is 2.61. The molecule has 5 rings (SSSR count). The number of thioether (sulfide) groups is 1. The quantitative estimate of drug-likeness (QED) is 0.761. The van der Waals surface area contributed by atoms with Gasteiger partial charge in [0.1, 0.15) is 0 Å². The Morgan fingerprint density at radius 1 is 1.04 bits per heavy atom. The maximum Gasteiger partial charge on any atom is 0.221 e. The molecule has 4 saturated carbocycles. The summed E-state index contributed by atoms with van der Waals surface area (Å²) >= 11 is 1.96. The summed E-state index contributed by atoms with van der Waals surface area (Å²) in [7, 11) is 0. The van der Waals surface area contributed by atoms with E-state index in [-0.39, 0.29) is 16.9 Å². The van der Waals surface area contributed by atoms with E-state index in [2.05, 4.69) is 12.2 Å². The van der Waals surface area contributed by atoms with Crippen molar-refractivity contribution in [3.63, 3.8) is 0 Å². The van der Waals surface area contributed by atoms with Crippen LogP contribution in [0.3, 0.4) is 0 Å². The maximum absolute atomic E-state index is 12.9. The molecule has 1 N–H and O–H groups in total. The number of amides is 1. The van der Waals surface area contributed by atoms with Gasteiger partial charge in [-0.15, -0.1) is 11.8 Å². The molecule has 1 aromatic carbocycles. The van der Waals surface area contributed by atoms with Gasteiger partial charge in [0.05, 0.1) is 5.25 Å². The van der Waals surface area contributed by atoms with Crippen molar-refractivity contribution in [2.24, 2.45) is 17.8 Å². The fourth-order valence-electron chi connectivity index (χ4n) is 5.76. The highest BCUT2D eigenvalue weighted by atomic mass is 32.2. The third-order valence-electron chi connectivity index (χ3n) is 6.27. The van der Waals surface area contributed by atoms with Crippen molar-refractivity contribution >= 4 is 29.1 Å². The molecule has 0 radical (unpaired) electrons. The van der Waals surface area contributed by atoms with Crippen LogP contribution < -0.4 is 5.32 Å². The number of rotatable bonds is 5. The van der Waals surface area contributed by atoms with Gasteiger partial charge in [0, 0.05) is 22.9 Å². The second-order valence-corrected chi connectivity index (χ2v) is 10.3. The van der Waals surface area contributed by atoms with Crippen LogP contribution in [0.2, 0.25) is 0 Å². The largest absolute Gasteiger partial charge is 0.326 e. The molecule has 1 aromatic rings. The van der Waals surface area contributed by atoms with Gasteiger partial charge in [0.15, 0.2) is 5.78 Å². The van der Waals surface area contributed by atoms with E-state index < -0.39 is 0 Å². The van der Waals surface area contributed by atoms with E-state index in [1.807, 2.05) is 36.0 Å². The first-order chi connectivity index (χ1) is 11.9. The molecule has 0 spiro atoms. The number of carbonyl (C=O) groups is 2. The van der Waals surface area contributed by atoms with Gasteiger partial charge in [-0.3, -0.25) is 9.59 Å².